The van der Waals surface area contributed by atoms with E-state index in [0.717, 1.165) is 38.5 Å². The smallest absolute Gasteiger partial charge is 0.257 e. The third kappa shape index (κ3) is 4.51. The van der Waals surface area contributed by atoms with Gasteiger partial charge in [0.2, 0.25) is 5.91 Å². The minimum atomic E-state index is -0.819. The molecule has 1 saturated carbocycles. The lowest BCUT2D eigenvalue weighted by Gasteiger charge is -2.35. The maximum Gasteiger partial charge on any atom is 0.257 e. The van der Waals surface area contributed by atoms with E-state index in [1.165, 1.54) is 4.90 Å². The second-order valence-electron chi connectivity index (χ2n) is 8.35. The fourth-order valence-electron chi connectivity index (χ4n) is 4.70. The van der Waals surface area contributed by atoms with Crippen molar-refractivity contribution in [2.45, 2.75) is 57.0 Å². The number of benzene rings is 2. The van der Waals surface area contributed by atoms with Gasteiger partial charge in [0.05, 0.1) is 19.2 Å². The summed E-state index contributed by atoms with van der Waals surface area (Å²) in [7, 11) is 1.55. The highest BCUT2D eigenvalue weighted by molar-refractivity contribution is 6.31. The van der Waals surface area contributed by atoms with Gasteiger partial charge in [-0.2, -0.15) is 0 Å². The van der Waals surface area contributed by atoms with E-state index in [4.69, 9.17) is 16.3 Å². The molecular weight excluding hydrogens is 428 g/mol. The third-order valence-corrected chi connectivity index (χ3v) is 6.56. The van der Waals surface area contributed by atoms with Gasteiger partial charge in [-0.15, -0.1) is 0 Å². The maximum atomic E-state index is 13.7. The van der Waals surface area contributed by atoms with Crippen LogP contribution in [0.4, 0.5) is 5.69 Å². The Hall–Kier alpha value is -2.86. The first-order valence-corrected chi connectivity index (χ1v) is 11.5. The van der Waals surface area contributed by atoms with Gasteiger partial charge in [0, 0.05) is 16.6 Å². The molecule has 32 heavy (non-hydrogen) atoms. The van der Waals surface area contributed by atoms with Crippen molar-refractivity contribution in [3.63, 3.8) is 0 Å². The number of anilines is 1. The normalized spacial score (nSPS) is 19.7. The number of halogens is 1. The van der Waals surface area contributed by atoms with Crippen LogP contribution in [-0.2, 0) is 9.59 Å². The van der Waals surface area contributed by atoms with Crippen molar-refractivity contribution < 1.29 is 19.1 Å². The molecule has 1 aliphatic heterocycles. The Morgan fingerprint density at radius 2 is 1.72 bits per heavy atom. The number of rotatable bonds is 5. The highest BCUT2D eigenvalue weighted by Gasteiger charge is 2.46. The van der Waals surface area contributed by atoms with E-state index in [2.05, 4.69) is 0 Å². The first-order chi connectivity index (χ1) is 15.5. The molecule has 0 bridgehead atoms. The van der Waals surface area contributed by atoms with E-state index in [0.29, 0.717) is 22.0 Å². The zero-order valence-corrected chi connectivity index (χ0v) is 18.9. The molecule has 0 aromatic heterocycles. The first-order valence-electron chi connectivity index (χ1n) is 11.1. The second-order valence-corrected chi connectivity index (χ2v) is 8.79. The van der Waals surface area contributed by atoms with Crippen LogP contribution in [0.1, 0.15) is 55.3 Å². The predicted octanol–water partition coefficient (Wildman–Crippen LogP) is 4.85. The Morgan fingerprint density at radius 1 is 1.03 bits per heavy atom. The van der Waals surface area contributed by atoms with Gasteiger partial charge in [-0.3, -0.25) is 14.4 Å². The standard InChI is InChI=1S/C25H27ClN2O4/c1-32-21-10-6-7-17(15-21)24(30)27(19-8-4-2-3-5-9-19)22-16-23(29)28(25(22)31)20-13-11-18(26)12-14-20/h6-7,10-15,19,22H,2-5,8-9,16H2,1H3. The molecule has 0 spiro atoms. The SMILES string of the molecule is COc1cccc(C(=O)N(C2CCCCCC2)C2CC(=O)N(c3ccc(Cl)cc3)C2=O)c1. The highest BCUT2D eigenvalue weighted by Crippen LogP contribution is 2.32. The number of hydrogen-bond donors (Lipinski definition) is 0. The Labute approximate surface area is 193 Å². The molecule has 6 nitrogen and oxygen atoms in total. The second kappa shape index (κ2) is 9.74. The van der Waals surface area contributed by atoms with Crippen molar-refractivity contribution in [2.24, 2.45) is 0 Å². The number of carbonyl (C=O) groups is 3. The molecular formula is C25H27ClN2O4. The summed E-state index contributed by atoms with van der Waals surface area (Å²) in [5, 5.41) is 0.526. The average molecular weight is 455 g/mol. The third-order valence-electron chi connectivity index (χ3n) is 6.31. The van der Waals surface area contributed by atoms with Gasteiger partial charge in [0.25, 0.3) is 11.8 Å². The monoisotopic (exact) mass is 454 g/mol. The number of imide groups is 1. The zero-order valence-electron chi connectivity index (χ0n) is 18.1. The molecule has 2 fully saturated rings. The highest BCUT2D eigenvalue weighted by atomic mass is 35.5. The van der Waals surface area contributed by atoms with Gasteiger partial charge < -0.3 is 9.64 Å². The fraction of sp³-hybridized carbons (Fsp3) is 0.400. The van der Waals surface area contributed by atoms with Crippen LogP contribution in [0.2, 0.25) is 5.02 Å². The van der Waals surface area contributed by atoms with Crippen molar-refractivity contribution in [3.05, 3.63) is 59.1 Å². The van der Waals surface area contributed by atoms with Gasteiger partial charge in [0.15, 0.2) is 0 Å². The number of methoxy groups -OCH3 is 1. The summed E-state index contributed by atoms with van der Waals surface area (Å²) in [6.45, 7) is 0. The topological polar surface area (TPSA) is 66.9 Å². The minimum absolute atomic E-state index is 0.0202. The molecule has 4 rings (SSSR count). The van der Waals surface area contributed by atoms with Crippen molar-refractivity contribution in [2.75, 3.05) is 12.0 Å². The van der Waals surface area contributed by atoms with Crippen LogP contribution < -0.4 is 9.64 Å². The van der Waals surface area contributed by atoms with Crippen LogP contribution in [0.15, 0.2) is 48.5 Å². The lowest BCUT2D eigenvalue weighted by atomic mass is 10.0. The number of amides is 3. The molecule has 1 atom stereocenters. The van der Waals surface area contributed by atoms with Gasteiger partial charge in [-0.25, -0.2) is 4.90 Å². The molecule has 0 N–H and O–H groups in total. The number of ether oxygens (including phenoxy) is 1. The summed E-state index contributed by atoms with van der Waals surface area (Å²) < 4.78 is 5.29. The molecule has 2 aromatic carbocycles. The Bertz CT molecular complexity index is 999. The van der Waals surface area contributed by atoms with Gasteiger partial charge in [0.1, 0.15) is 11.8 Å². The van der Waals surface area contributed by atoms with E-state index in [-0.39, 0.29) is 30.2 Å². The van der Waals surface area contributed by atoms with Crippen LogP contribution in [0.5, 0.6) is 5.75 Å². The molecule has 1 saturated heterocycles. The van der Waals surface area contributed by atoms with Crippen molar-refractivity contribution in [3.8, 4) is 5.75 Å². The Morgan fingerprint density at radius 3 is 2.38 bits per heavy atom. The van der Waals surface area contributed by atoms with Crippen molar-refractivity contribution in [1.29, 1.82) is 0 Å². The molecule has 1 unspecified atom stereocenters. The van der Waals surface area contributed by atoms with Crippen LogP contribution in [0.3, 0.4) is 0 Å². The van der Waals surface area contributed by atoms with E-state index in [1.807, 2.05) is 0 Å². The van der Waals surface area contributed by atoms with E-state index < -0.39 is 6.04 Å². The summed E-state index contributed by atoms with van der Waals surface area (Å²) in [6, 6.07) is 12.7. The summed E-state index contributed by atoms with van der Waals surface area (Å²) in [4.78, 5) is 43.0. The van der Waals surface area contributed by atoms with E-state index in [9.17, 15) is 14.4 Å². The van der Waals surface area contributed by atoms with Crippen LogP contribution >= 0.6 is 11.6 Å². The first kappa shape index (κ1) is 22.3. The average Bonchev–Trinajstić information content (AvgIpc) is 2.97. The molecule has 7 heteroatoms. The molecule has 1 aliphatic carbocycles. The summed E-state index contributed by atoms with van der Waals surface area (Å²) >= 11 is 5.97. The Kier molecular flexibility index (Phi) is 6.80. The van der Waals surface area contributed by atoms with Gasteiger partial charge in [-0.1, -0.05) is 43.4 Å². The number of carbonyl (C=O) groups excluding carboxylic acids is 3. The molecule has 2 aromatic rings. The van der Waals surface area contributed by atoms with Gasteiger partial charge in [-0.05, 0) is 55.3 Å². The fourth-order valence-corrected chi connectivity index (χ4v) is 4.82. The summed E-state index contributed by atoms with van der Waals surface area (Å²) in [6.07, 6.45) is 5.87. The van der Waals surface area contributed by atoms with E-state index >= 15 is 0 Å². The van der Waals surface area contributed by atoms with Crippen LogP contribution in [0, 0.1) is 0 Å². The number of hydrogen-bond acceptors (Lipinski definition) is 4. The predicted molar refractivity (Wildman–Crippen MR) is 123 cm³/mol. The zero-order chi connectivity index (χ0) is 22.7. The van der Waals surface area contributed by atoms with Crippen molar-refractivity contribution in [1.82, 2.24) is 4.90 Å². The molecule has 0 radical (unpaired) electrons. The molecule has 1 heterocycles. The van der Waals surface area contributed by atoms with Crippen molar-refractivity contribution >= 4 is 35.0 Å². The molecule has 168 valence electrons. The summed E-state index contributed by atoms with van der Waals surface area (Å²) in [5.74, 6) is -0.328. The maximum absolute atomic E-state index is 13.7. The Balaban J connectivity index is 1.69. The lowest BCUT2D eigenvalue weighted by molar-refractivity contribution is -0.123. The van der Waals surface area contributed by atoms with Gasteiger partial charge >= 0.3 is 0 Å². The molecule has 3 amide bonds. The lowest BCUT2D eigenvalue weighted by Crippen LogP contribution is -2.50. The molecule has 2 aliphatic rings. The van der Waals surface area contributed by atoms with Crippen LogP contribution in [0.25, 0.3) is 0 Å². The number of nitrogens with zero attached hydrogens (tertiary/aromatic N) is 2. The van der Waals surface area contributed by atoms with E-state index in [1.54, 1.807) is 60.5 Å². The quantitative estimate of drug-likeness (QED) is 0.478. The summed E-state index contributed by atoms with van der Waals surface area (Å²) in [5.41, 5.74) is 0.931. The minimum Gasteiger partial charge on any atom is -0.497 e. The largest absolute Gasteiger partial charge is 0.497 e. The van der Waals surface area contributed by atoms with Crippen LogP contribution in [-0.4, -0.2) is 41.8 Å².